The number of benzene rings is 2. The maximum Gasteiger partial charge on any atom is 0.261 e. The van der Waals surface area contributed by atoms with Gasteiger partial charge in [0.05, 0.1) is 12.9 Å². The highest BCUT2D eigenvalue weighted by Crippen LogP contribution is 2.37. The number of rotatable bonds is 12. The van der Waals surface area contributed by atoms with Crippen molar-refractivity contribution in [3.05, 3.63) is 126 Å². The van der Waals surface area contributed by atoms with Crippen LogP contribution in [-0.4, -0.2) is 30.2 Å². The van der Waals surface area contributed by atoms with Crippen LogP contribution in [0.25, 0.3) is 0 Å². The van der Waals surface area contributed by atoms with E-state index in [9.17, 15) is 15.3 Å². The Morgan fingerprint density at radius 2 is 1.52 bits per heavy atom. The van der Waals surface area contributed by atoms with Crippen LogP contribution in [0, 0.1) is 0 Å². The molecule has 7 heteroatoms. The molecule has 0 bridgehead atoms. The van der Waals surface area contributed by atoms with Gasteiger partial charge in [-0.3, -0.25) is 0 Å². The summed E-state index contributed by atoms with van der Waals surface area (Å²) in [6.45, 7) is 6.67. The number of hydrogen-bond acceptors (Lipinski definition) is 6. The van der Waals surface area contributed by atoms with Gasteiger partial charge < -0.3 is 28.6 Å². The molecule has 4 aromatic rings. The molecule has 2 atom stereocenters. The van der Waals surface area contributed by atoms with Gasteiger partial charge in [0, 0.05) is 12.8 Å². The van der Waals surface area contributed by atoms with Crippen LogP contribution in [0.4, 0.5) is 0 Å². The quantitative estimate of drug-likeness (QED) is 0.155. The largest absolute Gasteiger partial charge is 0.467 e. The van der Waals surface area contributed by atoms with E-state index in [1.807, 2.05) is 36.4 Å². The van der Waals surface area contributed by atoms with Gasteiger partial charge in [-0.1, -0.05) is 81.4 Å². The van der Waals surface area contributed by atoms with E-state index < -0.39 is 20.5 Å². The summed E-state index contributed by atoms with van der Waals surface area (Å²) < 4.78 is 18.0. The van der Waals surface area contributed by atoms with E-state index in [1.165, 1.54) is 6.26 Å². The minimum Gasteiger partial charge on any atom is -0.467 e. The van der Waals surface area contributed by atoms with Crippen molar-refractivity contribution >= 4 is 18.7 Å². The molecule has 40 heavy (non-hydrogen) atoms. The molecule has 2 heterocycles. The van der Waals surface area contributed by atoms with Crippen molar-refractivity contribution in [2.45, 2.75) is 57.5 Å². The highest BCUT2D eigenvalue weighted by Gasteiger charge is 2.50. The van der Waals surface area contributed by atoms with E-state index in [0.29, 0.717) is 17.3 Å². The molecule has 0 saturated heterocycles. The molecule has 2 aromatic heterocycles. The lowest BCUT2D eigenvalue weighted by Crippen LogP contribution is -2.66. The Kier molecular flexibility index (Phi) is 9.82. The van der Waals surface area contributed by atoms with E-state index in [2.05, 4.69) is 50.8 Å². The molecular weight excluding hydrogens is 520 g/mol. The molecule has 0 saturated carbocycles. The molecule has 0 aliphatic rings. The molecular formula is C33H38O6Si. The minimum absolute atomic E-state index is 0.204. The maximum atomic E-state index is 10.9. The summed E-state index contributed by atoms with van der Waals surface area (Å²) in [5, 5.41) is 32.9. The molecule has 210 valence electrons. The lowest BCUT2D eigenvalue weighted by Gasteiger charge is -2.43. The van der Waals surface area contributed by atoms with Gasteiger partial charge in [0.1, 0.15) is 36.1 Å². The minimum atomic E-state index is -2.81. The third kappa shape index (κ3) is 6.82. The summed E-state index contributed by atoms with van der Waals surface area (Å²) in [4.78, 5) is 0. The third-order valence-electron chi connectivity index (χ3n) is 7.01. The van der Waals surface area contributed by atoms with Gasteiger partial charge in [0.2, 0.25) is 0 Å². The van der Waals surface area contributed by atoms with Crippen LogP contribution in [-0.2, 0) is 11.0 Å². The van der Waals surface area contributed by atoms with Crippen molar-refractivity contribution in [2.75, 3.05) is 6.61 Å². The second-order valence-electron chi connectivity index (χ2n) is 10.9. The number of hydrogen-bond donors (Lipinski definition) is 3. The number of aliphatic hydroxyl groups is 3. The predicted molar refractivity (Wildman–Crippen MR) is 158 cm³/mol. The first-order valence-corrected chi connectivity index (χ1v) is 15.4. The van der Waals surface area contributed by atoms with Gasteiger partial charge in [-0.15, -0.1) is 5.73 Å². The first kappa shape index (κ1) is 29.6. The van der Waals surface area contributed by atoms with Crippen molar-refractivity contribution in [3.63, 3.8) is 0 Å². The normalized spacial score (nSPS) is 13.4. The molecule has 0 fully saturated rings. The Balaban J connectivity index is 1.68. The average molecular weight is 559 g/mol. The Morgan fingerprint density at radius 1 is 0.875 bits per heavy atom. The maximum absolute atomic E-state index is 10.9. The summed E-state index contributed by atoms with van der Waals surface area (Å²) in [6.07, 6.45) is 2.03. The van der Waals surface area contributed by atoms with Gasteiger partial charge in [0.15, 0.2) is 0 Å². The Morgan fingerprint density at radius 3 is 2.05 bits per heavy atom. The van der Waals surface area contributed by atoms with Crippen LogP contribution in [0.15, 0.2) is 117 Å². The second kappa shape index (κ2) is 13.3. The van der Waals surface area contributed by atoms with E-state index in [0.717, 1.165) is 15.9 Å². The van der Waals surface area contributed by atoms with Crippen LogP contribution in [0.3, 0.4) is 0 Å². The standard InChI is InChI=1S/C33H38O6Si/c1-33(2,3)40(27-13-6-4-7-14-27,28-15-8-5-9-16-28)38-24-25(22-30(36)31-18-11-21-37-31)12-10-17-29(35)32-20-19-26(23-34)39-32/h4-11,13-16,18-21,29-30,34-36H,17,22-24H2,1-3H3/t12?,29-,30-/m1/s1. The van der Waals surface area contributed by atoms with Crippen molar-refractivity contribution in [3.8, 4) is 0 Å². The van der Waals surface area contributed by atoms with Crippen LogP contribution in [0.2, 0.25) is 5.04 Å². The third-order valence-corrected chi connectivity index (χ3v) is 12.0. The van der Waals surface area contributed by atoms with Gasteiger partial charge >= 0.3 is 0 Å². The zero-order valence-corrected chi connectivity index (χ0v) is 24.3. The van der Waals surface area contributed by atoms with Crippen molar-refractivity contribution in [2.24, 2.45) is 0 Å². The zero-order chi connectivity index (χ0) is 28.6. The molecule has 0 spiro atoms. The fourth-order valence-corrected chi connectivity index (χ4v) is 9.57. The smallest absolute Gasteiger partial charge is 0.261 e. The second-order valence-corrected chi connectivity index (χ2v) is 15.2. The Labute approximate surface area is 237 Å². The lowest BCUT2D eigenvalue weighted by atomic mass is 10.1. The van der Waals surface area contributed by atoms with Crippen molar-refractivity contribution in [1.82, 2.24) is 0 Å². The van der Waals surface area contributed by atoms with Gasteiger partial charge in [0.25, 0.3) is 8.32 Å². The van der Waals surface area contributed by atoms with Gasteiger partial charge in [-0.2, -0.15) is 0 Å². The molecule has 3 N–H and O–H groups in total. The first-order chi connectivity index (χ1) is 19.2. The first-order valence-electron chi connectivity index (χ1n) is 13.5. The highest BCUT2D eigenvalue weighted by molar-refractivity contribution is 6.99. The molecule has 4 rings (SSSR count). The highest BCUT2D eigenvalue weighted by atomic mass is 28.4. The number of aliphatic hydroxyl groups excluding tert-OH is 3. The summed E-state index contributed by atoms with van der Waals surface area (Å²) in [5.74, 6) is 1.24. The Bertz CT molecular complexity index is 1340. The van der Waals surface area contributed by atoms with Gasteiger partial charge in [-0.05, 0) is 51.3 Å². The average Bonchev–Trinajstić information content (AvgIpc) is 3.66. The van der Waals surface area contributed by atoms with E-state index in [-0.39, 0.29) is 31.1 Å². The predicted octanol–water partition coefficient (Wildman–Crippen LogP) is 5.57. The lowest BCUT2D eigenvalue weighted by molar-refractivity contribution is 0.144. The summed E-state index contributed by atoms with van der Waals surface area (Å²) >= 11 is 0. The fraction of sp³-hybridized carbons (Fsp3) is 0.303. The summed E-state index contributed by atoms with van der Waals surface area (Å²) in [7, 11) is -2.81. The van der Waals surface area contributed by atoms with Crippen LogP contribution < -0.4 is 10.4 Å². The zero-order valence-electron chi connectivity index (χ0n) is 23.3. The fourth-order valence-electron chi connectivity index (χ4n) is 5.02. The monoisotopic (exact) mass is 558 g/mol. The van der Waals surface area contributed by atoms with Crippen molar-refractivity contribution < 1.29 is 28.6 Å². The van der Waals surface area contributed by atoms with Crippen LogP contribution >= 0.6 is 0 Å². The topological polar surface area (TPSA) is 96.2 Å². The van der Waals surface area contributed by atoms with Crippen molar-refractivity contribution in [1.29, 1.82) is 0 Å². The van der Waals surface area contributed by atoms with E-state index in [4.69, 9.17) is 13.3 Å². The molecule has 6 nitrogen and oxygen atoms in total. The molecule has 0 radical (unpaired) electrons. The summed E-state index contributed by atoms with van der Waals surface area (Å²) in [5.41, 5.74) is 4.05. The molecule has 0 unspecified atom stereocenters. The number of furan rings is 2. The van der Waals surface area contributed by atoms with Gasteiger partial charge in [-0.25, -0.2) is 0 Å². The van der Waals surface area contributed by atoms with E-state index in [1.54, 1.807) is 30.3 Å². The van der Waals surface area contributed by atoms with E-state index >= 15 is 0 Å². The molecule has 2 aromatic carbocycles. The molecule has 0 aliphatic carbocycles. The Hall–Kier alpha value is -3.42. The van der Waals surface area contributed by atoms with Crippen LogP contribution in [0.5, 0.6) is 0 Å². The summed E-state index contributed by atoms with van der Waals surface area (Å²) in [6, 6.07) is 27.6. The molecule has 0 aliphatic heterocycles. The SMILES string of the molecule is CC(C)(C)[Si](OCC(=C=CC[C@@H](O)c1ccc(CO)o1)C[C@@H](O)c1ccco1)(c1ccccc1)c1ccccc1. The molecule has 0 amide bonds. The van der Waals surface area contributed by atoms with Crippen LogP contribution in [0.1, 0.15) is 63.1 Å².